The molecule has 0 aliphatic rings. The van der Waals surface area contributed by atoms with E-state index in [0.717, 1.165) is 65.5 Å². The second-order valence-corrected chi connectivity index (χ2v) is 12.3. The molecule has 0 aliphatic carbocycles. The smallest absolute Gasteiger partial charge is 0.0800 e. The Kier molecular flexibility index (Phi) is 5.87. The van der Waals surface area contributed by atoms with Gasteiger partial charge in [-0.2, -0.15) is 0 Å². The maximum absolute atomic E-state index is 5.42. The van der Waals surface area contributed by atoms with Crippen LogP contribution in [0.1, 0.15) is 0 Å². The molecule has 0 heterocycles. The van der Waals surface area contributed by atoms with E-state index in [-0.39, 0.29) is 0 Å². The quantitative estimate of drug-likeness (QED) is 0.191. The van der Waals surface area contributed by atoms with Gasteiger partial charge in [-0.25, -0.2) is 15.0 Å². The number of hydrogen-bond donors (Lipinski definition) is 0. The highest BCUT2D eigenvalue weighted by molar-refractivity contribution is 6.42. The fourth-order valence-electron chi connectivity index (χ4n) is 7.64. The average molecular weight is 610 g/mol. The molecule has 0 saturated heterocycles. The van der Waals surface area contributed by atoms with Crippen LogP contribution in [0.2, 0.25) is 0 Å². The number of rotatable bonds is 3. The van der Waals surface area contributed by atoms with Gasteiger partial charge in [0.2, 0.25) is 0 Å². The molecule has 0 N–H and O–H groups in total. The Balaban J connectivity index is 1.60. The van der Waals surface area contributed by atoms with Gasteiger partial charge in [0.25, 0.3) is 0 Å². The van der Waals surface area contributed by atoms with E-state index >= 15 is 0 Å². The Labute approximate surface area is 275 Å². The Morgan fingerprint density at radius 3 is 0.708 bits per heavy atom. The third-order valence-electron chi connectivity index (χ3n) is 9.56. The van der Waals surface area contributed by atoms with Gasteiger partial charge < -0.3 is 0 Å². The number of benzene rings is 7. The lowest BCUT2D eigenvalue weighted by molar-refractivity contribution is 1.41. The van der Waals surface area contributed by atoms with Crippen molar-refractivity contribution < 1.29 is 0 Å². The van der Waals surface area contributed by atoms with Crippen molar-refractivity contribution in [1.29, 1.82) is 0 Å². The van der Waals surface area contributed by atoms with E-state index in [4.69, 9.17) is 15.0 Å². The molecule has 0 saturated carbocycles. The summed E-state index contributed by atoms with van der Waals surface area (Å²) in [4.78, 5) is 16.3. The summed E-state index contributed by atoms with van der Waals surface area (Å²) in [6, 6.07) is 57.1. The highest BCUT2D eigenvalue weighted by atomic mass is 14.7. The molecule has 48 heavy (non-hydrogen) atoms. The van der Waals surface area contributed by atoms with E-state index in [9.17, 15) is 0 Å². The molecule has 0 aliphatic heterocycles. The van der Waals surface area contributed by atoms with Crippen molar-refractivity contribution in [1.82, 2.24) is 0 Å². The van der Waals surface area contributed by atoms with Gasteiger partial charge in [0.15, 0.2) is 0 Å². The van der Waals surface area contributed by atoms with Gasteiger partial charge in [-0.05, 0) is 52.6 Å². The van der Waals surface area contributed by atoms with E-state index < -0.39 is 0 Å². The van der Waals surface area contributed by atoms with Gasteiger partial charge in [0, 0.05) is 48.5 Å². The summed E-state index contributed by atoms with van der Waals surface area (Å²) in [5.74, 6) is 0. The third kappa shape index (κ3) is 3.91. The molecule has 10 aromatic rings. The molecule has 0 aromatic heterocycles. The molecule has 10 rings (SSSR count). The van der Waals surface area contributed by atoms with Crippen molar-refractivity contribution >= 4 is 81.7 Å². The van der Waals surface area contributed by atoms with Crippen LogP contribution in [-0.2, 0) is 0 Å². The summed E-state index contributed by atoms with van der Waals surface area (Å²) in [5.41, 5.74) is 2.78. The molecule has 0 bridgehead atoms. The van der Waals surface area contributed by atoms with Gasteiger partial charge in [0.1, 0.15) is 0 Å². The van der Waals surface area contributed by atoms with Crippen LogP contribution < -0.4 is 16.1 Å². The molecule has 3 nitrogen and oxygen atoms in total. The molecule has 10 aromatic carbocycles. The molecular weight excluding hydrogens is 583 g/mol. The Morgan fingerprint density at radius 2 is 0.438 bits per heavy atom. The zero-order chi connectivity index (χ0) is 31.6. The van der Waals surface area contributed by atoms with Gasteiger partial charge in [-0.3, -0.25) is 0 Å². The maximum atomic E-state index is 5.42. The van der Waals surface area contributed by atoms with Crippen LogP contribution in [0.3, 0.4) is 0 Å². The van der Waals surface area contributed by atoms with Crippen molar-refractivity contribution in [2.45, 2.75) is 0 Å². The predicted molar refractivity (Wildman–Crippen MR) is 200 cm³/mol. The fraction of sp³-hybridized carbons (Fsp3) is 0. The van der Waals surface area contributed by atoms with Gasteiger partial charge in [0.05, 0.1) is 33.1 Å². The number of para-hydroxylation sites is 3. The summed E-state index contributed by atoms with van der Waals surface area (Å²) < 4.78 is 0. The lowest BCUT2D eigenvalue weighted by atomic mass is 9.99. The van der Waals surface area contributed by atoms with Gasteiger partial charge >= 0.3 is 0 Å². The first-order chi connectivity index (χ1) is 23.8. The zero-order valence-corrected chi connectivity index (χ0v) is 25.9. The first kappa shape index (κ1) is 26.7. The van der Waals surface area contributed by atoms with Crippen LogP contribution in [0.4, 0.5) is 17.1 Å². The van der Waals surface area contributed by atoms with E-state index in [1.54, 1.807) is 0 Å². The lowest BCUT2D eigenvalue weighted by Crippen LogP contribution is -2.03. The van der Waals surface area contributed by atoms with Crippen LogP contribution in [-0.4, -0.2) is 0 Å². The predicted octanol–water partition coefficient (Wildman–Crippen LogP) is 10.6. The molecule has 3 heteroatoms. The average Bonchev–Trinajstić information content (AvgIpc) is 3.76. The van der Waals surface area contributed by atoms with Crippen LogP contribution in [0.15, 0.2) is 179 Å². The number of hydrogen-bond acceptors (Lipinski definition) is 3. The van der Waals surface area contributed by atoms with Crippen LogP contribution in [0.5, 0.6) is 0 Å². The Hall–Kier alpha value is -6.45. The molecule has 0 amide bonds. The Bertz CT molecular complexity index is 2660. The van der Waals surface area contributed by atoms with Crippen molar-refractivity contribution in [2.24, 2.45) is 15.0 Å². The van der Waals surface area contributed by atoms with Crippen molar-refractivity contribution in [3.8, 4) is 0 Å². The number of nitrogens with zero attached hydrogens (tertiary/aromatic N) is 3. The largest absolute Gasteiger partial charge is 0.248 e. The second kappa shape index (κ2) is 10.5. The summed E-state index contributed by atoms with van der Waals surface area (Å²) in [6.45, 7) is 0. The molecule has 0 atom stereocenters. The summed E-state index contributed by atoms with van der Waals surface area (Å²) >= 11 is 0. The first-order valence-corrected chi connectivity index (χ1v) is 16.3. The molecule has 222 valence electrons. The molecule has 0 radical (unpaired) electrons. The van der Waals surface area contributed by atoms with Gasteiger partial charge in [-0.15, -0.1) is 0 Å². The Morgan fingerprint density at radius 1 is 0.208 bits per heavy atom. The molecule has 0 unspecified atom stereocenters. The minimum absolute atomic E-state index is 0.926. The molecular formula is C45H27N3. The SMILES string of the molecule is c1ccc(N=c2c3ccccc3c3c2c2c4ccccc4c(=Nc4ccccc4)c2c2c4ccccc4c(=Nc4ccccc4)c32)cc1. The monoisotopic (exact) mass is 609 g/mol. The van der Waals surface area contributed by atoms with E-state index in [2.05, 4.69) is 146 Å². The second-order valence-electron chi connectivity index (χ2n) is 12.3. The maximum Gasteiger partial charge on any atom is 0.0800 e. The molecule has 0 spiro atoms. The van der Waals surface area contributed by atoms with Gasteiger partial charge in [-0.1, -0.05) is 127 Å². The normalized spacial score (nSPS) is 13.4. The van der Waals surface area contributed by atoms with E-state index in [1.807, 2.05) is 18.2 Å². The van der Waals surface area contributed by atoms with E-state index in [0.29, 0.717) is 0 Å². The third-order valence-corrected chi connectivity index (χ3v) is 9.56. The van der Waals surface area contributed by atoms with Crippen molar-refractivity contribution in [3.05, 3.63) is 180 Å². The summed E-state index contributed by atoms with van der Waals surface area (Å²) in [7, 11) is 0. The summed E-state index contributed by atoms with van der Waals surface area (Å²) in [5, 5.41) is 16.9. The van der Waals surface area contributed by atoms with Crippen LogP contribution >= 0.6 is 0 Å². The van der Waals surface area contributed by atoms with E-state index in [1.165, 1.54) is 32.3 Å². The highest BCUT2D eigenvalue weighted by Gasteiger charge is 2.25. The number of fused-ring (bicyclic) bond motifs is 12. The topological polar surface area (TPSA) is 37.1 Å². The minimum atomic E-state index is 0.926. The first-order valence-electron chi connectivity index (χ1n) is 16.3. The summed E-state index contributed by atoms with van der Waals surface area (Å²) in [6.07, 6.45) is 0. The zero-order valence-electron chi connectivity index (χ0n) is 25.9. The lowest BCUT2D eigenvalue weighted by Gasteiger charge is -2.04. The standard InChI is InChI=1S/C45H27N3/c1-4-16-28(17-5-1)46-43-34-25-13-10-22-31(34)37-40(43)38-32-23-11-14-26-35(32)44(47-29-18-6-2-7-19-29)42(38)39-33-24-12-15-27-36(33)45(41(37)39)48-30-20-8-3-9-21-30/h1-27H. The fourth-order valence-corrected chi connectivity index (χ4v) is 7.64. The van der Waals surface area contributed by atoms with Crippen LogP contribution in [0.25, 0.3) is 64.6 Å². The van der Waals surface area contributed by atoms with Crippen molar-refractivity contribution in [2.75, 3.05) is 0 Å². The molecule has 0 fully saturated rings. The highest BCUT2D eigenvalue weighted by Crippen LogP contribution is 2.43. The minimum Gasteiger partial charge on any atom is -0.248 e. The van der Waals surface area contributed by atoms with Crippen molar-refractivity contribution in [3.63, 3.8) is 0 Å². The van der Waals surface area contributed by atoms with Crippen LogP contribution in [0, 0.1) is 0 Å².